The minimum atomic E-state index is -1.40. The molecule has 9 amide bonds. The first-order valence-electron chi connectivity index (χ1n) is 33.3. The van der Waals surface area contributed by atoms with Crippen molar-refractivity contribution in [3.05, 3.63) is 190 Å². The van der Waals surface area contributed by atoms with E-state index in [0.717, 1.165) is 59.1 Å². The molecule has 6 aromatic rings. The Morgan fingerprint density at radius 3 is 1.00 bits per heavy atom. The number of benzene rings is 2. The van der Waals surface area contributed by atoms with E-state index in [1.54, 1.807) is 6.92 Å². The number of carbonyl (C=O) groups is 10. The van der Waals surface area contributed by atoms with Gasteiger partial charge in [-0.1, -0.05) is 48.5 Å². The molecule has 0 aliphatic heterocycles. The van der Waals surface area contributed by atoms with Crippen LogP contribution in [0.3, 0.4) is 0 Å². The van der Waals surface area contributed by atoms with Crippen LogP contribution < -0.4 is 92.8 Å². The Morgan fingerprint density at radius 2 is 0.692 bits per heavy atom. The highest BCUT2D eigenvalue weighted by atomic mass is 16.5. The Balaban J connectivity index is 0.997. The molecule has 0 spiro atoms. The van der Waals surface area contributed by atoms with Crippen LogP contribution in [0.1, 0.15) is 97.6 Å². The summed E-state index contributed by atoms with van der Waals surface area (Å²) in [5.41, 5.74) is -1.89. The van der Waals surface area contributed by atoms with Crippen LogP contribution in [0.4, 0.5) is 4.79 Å². The van der Waals surface area contributed by atoms with Gasteiger partial charge in [-0.05, 0) is 108 Å². The Hall–Kier alpha value is -12.3. The largest absolute Gasteiger partial charge is 0.465 e. The number of rotatable bonds is 37. The number of hydrogen-bond acceptors (Lipinski definition) is 20. The number of amides is 9. The molecule has 4 atom stereocenters. The van der Waals surface area contributed by atoms with Crippen LogP contribution in [0.2, 0.25) is 0 Å². The lowest BCUT2D eigenvalue weighted by atomic mass is 9.98. The number of hydrogen-bond donors (Lipinski definition) is 13. The van der Waals surface area contributed by atoms with E-state index in [1.165, 1.54) is 33.9 Å². The molecular weight excluding hydrogens is 1360 g/mol. The van der Waals surface area contributed by atoms with Crippen molar-refractivity contribution in [2.45, 2.75) is 142 Å². The van der Waals surface area contributed by atoms with Crippen molar-refractivity contribution < 1.29 is 57.4 Å². The van der Waals surface area contributed by atoms with Crippen molar-refractivity contribution in [3.63, 3.8) is 0 Å². The fraction of sp³-hybridized carbons (Fsp3) is 0.433. The molecule has 1 aliphatic rings. The summed E-state index contributed by atoms with van der Waals surface area (Å²) < 4.78 is 14.2. The molecule has 0 fully saturated rings. The third kappa shape index (κ3) is 23.1. The van der Waals surface area contributed by atoms with Crippen LogP contribution in [0.15, 0.2) is 112 Å². The van der Waals surface area contributed by atoms with Crippen molar-refractivity contribution >= 4 is 59.3 Å². The van der Waals surface area contributed by atoms with Gasteiger partial charge >= 0.3 is 34.8 Å². The first-order valence-corrected chi connectivity index (χ1v) is 33.3. The van der Waals surface area contributed by atoms with Crippen LogP contribution in [0.25, 0.3) is 11.1 Å². The van der Waals surface area contributed by atoms with E-state index in [2.05, 4.69) is 67.8 Å². The Kier molecular flexibility index (Phi) is 28.8. The zero-order valence-corrected chi connectivity index (χ0v) is 57.7. The van der Waals surface area contributed by atoms with Gasteiger partial charge in [0, 0.05) is 79.1 Å². The van der Waals surface area contributed by atoms with E-state index in [0.29, 0.717) is 0 Å². The third-order valence-electron chi connectivity index (χ3n) is 16.5. The summed E-state index contributed by atoms with van der Waals surface area (Å²) in [5.74, 6) is -7.56. The van der Waals surface area contributed by atoms with E-state index in [-0.39, 0.29) is 119 Å². The molecule has 0 radical (unpaired) electrons. The molecule has 37 heteroatoms. The van der Waals surface area contributed by atoms with Gasteiger partial charge < -0.3 is 57.3 Å². The molecule has 0 saturated heterocycles. The van der Waals surface area contributed by atoms with Crippen LogP contribution in [-0.4, -0.2) is 168 Å². The standard InChI is InChI=1S/C67H83N17O20/c1-6-103-54(89)27-72-62(97)49(76-53(88)35-84-31-40(5)58(93)80-66(84)101)21-13-25-70-60(95)47(74-51(86)33-82-29-38(3)56(91)78-64(82)99)19-11-23-68-59(94)46(73-50(85)32-81-28-37(2)55(90)77-63(81)98)20-12-24-69-61(96)48(75-52(87)34-83-30-39(4)57(92)79-65(83)100)22-14-26-71-67(102)104-36-45-43-17-9-7-15-41(43)42-16-8-10-18-44(42)45/h7-10,15-18,28-31,45-49H,6,11-14,19-27,32-36H2,1-5H3,(H,68,94)(H,69,96)(H,70,95)(H,71,102)(H,72,97)(H,73,85)(H,74,86)(H,75,87)(H,76,88)(H,77,90,98)(H,78,91,99)(H,79,92,100)(H,80,93,101)/t46-,47-,48-,49-/m1/s1. The highest BCUT2D eigenvalue weighted by Crippen LogP contribution is 2.44. The topological polar surface area (TPSA) is 517 Å². The highest BCUT2D eigenvalue weighted by molar-refractivity contribution is 5.91. The summed E-state index contributed by atoms with van der Waals surface area (Å²) in [7, 11) is 0. The summed E-state index contributed by atoms with van der Waals surface area (Å²) in [5, 5.41) is 23.2. The SMILES string of the molecule is CCOC(=O)CNC(=O)[C@@H](CCCNC(=O)[C@@H](CCCNC(=O)[C@@H](CCCNC(=O)[C@@H](CCCNC(=O)OCC1c2ccccc2-c2ccccc21)NC(=O)Cn1cc(C)c(=O)[nH]c1=O)NC(=O)Cn1cc(C)c(=O)[nH]c1=O)NC(=O)Cn1cc(C)c(=O)[nH]c1=O)NC(=O)Cn1cc(C)c(=O)[nH]c1=O. The van der Waals surface area contributed by atoms with E-state index < -0.39 is 161 Å². The summed E-state index contributed by atoms with van der Waals surface area (Å²) >= 11 is 0. The summed E-state index contributed by atoms with van der Waals surface area (Å²) in [4.78, 5) is 241. The molecule has 7 rings (SSSR count). The van der Waals surface area contributed by atoms with Crippen molar-refractivity contribution in [2.75, 3.05) is 45.9 Å². The van der Waals surface area contributed by atoms with Crippen molar-refractivity contribution in [1.82, 2.24) is 86.1 Å². The first-order chi connectivity index (χ1) is 49.6. The van der Waals surface area contributed by atoms with Crippen LogP contribution in [0, 0.1) is 27.7 Å². The number of carbonyl (C=O) groups excluding carboxylic acids is 10. The van der Waals surface area contributed by atoms with Crippen LogP contribution >= 0.6 is 0 Å². The van der Waals surface area contributed by atoms with E-state index in [4.69, 9.17) is 9.47 Å². The lowest BCUT2D eigenvalue weighted by molar-refractivity contribution is -0.143. The molecular formula is C67H83N17O20. The number of ether oxygens (including phenoxy) is 2. The van der Waals surface area contributed by atoms with Crippen molar-refractivity contribution in [1.29, 1.82) is 0 Å². The van der Waals surface area contributed by atoms with Crippen LogP contribution in [0.5, 0.6) is 0 Å². The maximum atomic E-state index is 14.1. The summed E-state index contributed by atoms with van der Waals surface area (Å²) in [6.07, 6.45) is 3.18. The molecule has 13 N–H and O–H groups in total. The fourth-order valence-electron chi connectivity index (χ4n) is 11.2. The number of esters is 1. The minimum Gasteiger partial charge on any atom is -0.465 e. The number of aryl methyl sites for hydroxylation is 4. The van der Waals surface area contributed by atoms with Gasteiger partial charge in [-0.15, -0.1) is 0 Å². The normalized spacial score (nSPS) is 12.5. The Morgan fingerprint density at radius 1 is 0.404 bits per heavy atom. The zero-order valence-electron chi connectivity index (χ0n) is 57.7. The van der Waals surface area contributed by atoms with Gasteiger partial charge in [0.05, 0.1) is 6.61 Å². The van der Waals surface area contributed by atoms with E-state index >= 15 is 0 Å². The number of nitrogens with zero attached hydrogens (tertiary/aromatic N) is 4. The number of aromatic nitrogens is 8. The molecule has 556 valence electrons. The third-order valence-corrected chi connectivity index (χ3v) is 16.5. The number of nitrogens with one attached hydrogen (secondary N) is 13. The van der Waals surface area contributed by atoms with Crippen molar-refractivity contribution in [2.24, 2.45) is 0 Å². The average Bonchev–Trinajstić information content (AvgIpc) is 1.62. The maximum Gasteiger partial charge on any atom is 0.407 e. The number of alkyl carbamates (subject to hydrolysis) is 1. The lowest BCUT2D eigenvalue weighted by Crippen LogP contribution is -2.51. The summed E-state index contributed by atoms with van der Waals surface area (Å²) in [6, 6.07) is 10.2. The molecule has 2 aromatic carbocycles. The van der Waals surface area contributed by atoms with Gasteiger partial charge in [-0.25, -0.2) is 24.0 Å². The lowest BCUT2D eigenvalue weighted by Gasteiger charge is -2.22. The second kappa shape index (κ2) is 37.9. The highest BCUT2D eigenvalue weighted by Gasteiger charge is 2.31. The number of fused-ring (bicyclic) bond motifs is 3. The first kappa shape index (κ1) is 79.0. The van der Waals surface area contributed by atoms with E-state index in [1.807, 2.05) is 48.5 Å². The molecule has 1 aliphatic carbocycles. The Labute approximate surface area is 590 Å². The van der Waals surface area contributed by atoms with Crippen LogP contribution in [-0.2, 0) is 78.8 Å². The molecule has 104 heavy (non-hydrogen) atoms. The maximum absolute atomic E-state index is 14.1. The van der Waals surface area contributed by atoms with Gasteiger partial charge in [0.2, 0.25) is 47.3 Å². The smallest absolute Gasteiger partial charge is 0.407 e. The van der Waals surface area contributed by atoms with Gasteiger partial charge in [0.1, 0.15) is 63.5 Å². The zero-order chi connectivity index (χ0) is 75.7. The predicted molar refractivity (Wildman–Crippen MR) is 371 cm³/mol. The average molecular weight is 1450 g/mol. The molecule has 4 heterocycles. The number of H-pyrrole nitrogens is 4. The number of aromatic amines is 4. The second-order valence-corrected chi connectivity index (χ2v) is 24.5. The van der Waals surface area contributed by atoms with Gasteiger partial charge in [-0.3, -0.25) is 101 Å². The quantitative estimate of drug-likeness (QED) is 0.0131. The van der Waals surface area contributed by atoms with Gasteiger partial charge in [-0.2, -0.15) is 0 Å². The van der Waals surface area contributed by atoms with Gasteiger partial charge in [0.25, 0.3) is 22.2 Å². The van der Waals surface area contributed by atoms with Gasteiger partial charge in [0.15, 0.2) is 0 Å². The molecule has 0 saturated carbocycles. The minimum absolute atomic E-state index is 0.00544. The second-order valence-electron chi connectivity index (χ2n) is 24.5. The monoisotopic (exact) mass is 1450 g/mol. The molecule has 4 aromatic heterocycles. The predicted octanol–water partition coefficient (Wildman–Crippen LogP) is -3.95. The van der Waals surface area contributed by atoms with Crippen molar-refractivity contribution in [3.8, 4) is 11.1 Å². The molecule has 37 nitrogen and oxygen atoms in total. The summed E-state index contributed by atoms with van der Waals surface area (Å²) in [6.45, 7) is 3.43. The molecule has 0 unspecified atom stereocenters. The Bertz CT molecular complexity index is 4650. The van der Waals surface area contributed by atoms with E-state index in [9.17, 15) is 86.3 Å². The fourth-order valence-corrected chi connectivity index (χ4v) is 11.2. The molecule has 0 bridgehead atoms.